The number of imide groups is 1. The summed E-state index contributed by atoms with van der Waals surface area (Å²) in [4.78, 5) is 52.0. The molecule has 4 fully saturated rings. The molecule has 11 heteroatoms. The molecule has 5 rings (SSSR count). The van der Waals surface area contributed by atoms with E-state index in [1.54, 1.807) is 0 Å². The summed E-state index contributed by atoms with van der Waals surface area (Å²) in [5.74, 6) is 3.83. The van der Waals surface area contributed by atoms with Crippen molar-refractivity contribution in [2.75, 3.05) is 39.5 Å². The van der Waals surface area contributed by atoms with Gasteiger partial charge in [-0.1, -0.05) is 65.5 Å². The van der Waals surface area contributed by atoms with Crippen LogP contribution in [0.3, 0.4) is 0 Å². The second kappa shape index (κ2) is 17.2. The number of rotatable bonds is 16. The van der Waals surface area contributed by atoms with E-state index in [4.69, 9.17) is 19.0 Å². The van der Waals surface area contributed by atoms with Gasteiger partial charge < -0.3 is 29.7 Å². The molecule has 0 unspecified atom stereocenters. The van der Waals surface area contributed by atoms with Crippen molar-refractivity contribution in [3.8, 4) is 0 Å². The normalized spacial score (nSPS) is 32.6. The molecule has 0 bridgehead atoms. The van der Waals surface area contributed by atoms with Gasteiger partial charge in [0.25, 0.3) is 11.8 Å². The van der Waals surface area contributed by atoms with Crippen LogP contribution in [0.2, 0.25) is 0 Å². The topological polar surface area (TPSA) is 132 Å². The van der Waals surface area contributed by atoms with Crippen molar-refractivity contribution in [3.63, 3.8) is 0 Å². The zero-order valence-electron chi connectivity index (χ0n) is 31.3. The van der Waals surface area contributed by atoms with Crippen LogP contribution in [0.1, 0.15) is 118 Å². The van der Waals surface area contributed by atoms with Gasteiger partial charge in [-0.05, 0) is 91.3 Å². The number of hydrogen-bond donors (Lipinski definition) is 2. The van der Waals surface area contributed by atoms with E-state index in [0.717, 1.165) is 54.8 Å². The maximum Gasteiger partial charge on any atom is 0.432 e. The van der Waals surface area contributed by atoms with Gasteiger partial charge in [0.2, 0.25) is 0 Å². The molecule has 4 aliphatic carbocycles. The molecule has 4 amide bonds. The van der Waals surface area contributed by atoms with Gasteiger partial charge in [0.1, 0.15) is 6.10 Å². The van der Waals surface area contributed by atoms with E-state index in [2.05, 4.69) is 51.3 Å². The highest BCUT2D eigenvalue weighted by atomic mass is 16.7. The van der Waals surface area contributed by atoms with Crippen molar-refractivity contribution in [2.45, 2.75) is 124 Å². The van der Waals surface area contributed by atoms with Crippen LogP contribution in [0, 0.1) is 46.3 Å². The fourth-order valence-electron chi connectivity index (χ4n) is 10.5. The Morgan fingerprint density at radius 3 is 2.22 bits per heavy atom. The summed E-state index contributed by atoms with van der Waals surface area (Å²) in [6.45, 7) is 14.1. The summed E-state index contributed by atoms with van der Waals surface area (Å²) in [6, 6.07) is 0. The molecule has 50 heavy (non-hydrogen) atoms. The van der Waals surface area contributed by atoms with Gasteiger partial charge in [-0.3, -0.25) is 9.59 Å². The number of ether oxygens (including phenoxy) is 3. The first-order valence-electron chi connectivity index (χ1n) is 19.5. The number of fused-ring (bicyclic) bond motifs is 5. The number of carbonyl (C=O) groups is 4. The third-order valence-corrected chi connectivity index (χ3v) is 13.1. The van der Waals surface area contributed by atoms with Crippen molar-refractivity contribution in [3.05, 3.63) is 11.6 Å². The lowest BCUT2D eigenvalue weighted by atomic mass is 9.47. The molecule has 0 radical (unpaired) electrons. The zero-order chi connectivity index (χ0) is 35.9. The molecular formula is C39H63N3O8. The number of hydroxylamine groups is 2. The Labute approximate surface area is 299 Å². The van der Waals surface area contributed by atoms with Gasteiger partial charge >= 0.3 is 12.2 Å². The zero-order valence-corrected chi connectivity index (χ0v) is 31.3. The van der Waals surface area contributed by atoms with Crippen molar-refractivity contribution in [1.29, 1.82) is 0 Å². The van der Waals surface area contributed by atoms with Crippen molar-refractivity contribution >= 4 is 24.0 Å². The molecule has 3 saturated carbocycles. The van der Waals surface area contributed by atoms with Crippen LogP contribution >= 0.6 is 0 Å². The number of hydrogen-bond acceptors (Lipinski definition) is 8. The number of nitrogens with zero attached hydrogens (tertiary/aromatic N) is 1. The second-order valence-corrected chi connectivity index (χ2v) is 16.6. The van der Waals surface area contributed by atoms with Crippen LogP contribution in [0.5, 0.6) is 0 Å². The van der Waals surface area contributed by atoms with Crippen molar-refractivity contribution < 1.29 is 38.2 Å². The van der Waals surface area contributed by atoms with Gasteiger partial charge in [0.15, 0.2) is 0 Å². The summed E-state index contributed by atoms with van der Waals surface area (Å²) >= 11 is 0. The van der Waals surface area contributed by atoms with E-state index in [1.165, 1.54) is 56.9 Å². The standard InChI is InChI=1S/C39H63N3O8/c1-26(2)7-6-8-27(3)31-11-12-32-30-10-9-28-25-29(15-17-38(28,4)33(30)16-18-39(31,32)5)49-36(45)40-19-21-47-23-24-48-22-20-41-37(46)50-42-34(43)13-14-35(42)44/h9,26-27,29-33H,6-8,10-25H2,1-5H3,(H,40,45)(H,41,46)/t27-,29+,30+,31-,32+,33+,38+,39-/m1/s1. The molecule has 8 atom stereocenters. The minimum absolute atomic E-state index is 0.0457. The molecule has 282 valence electrons. The lowest BCUT2D eigenvalue weighted by Crippen LogP contribution is -2.51. The number of nitrogens with one attached hydrogen (secondary N) is 2. The maximum absolute atomic E-state index is 12.6. The Morgan fingerprint density at radius 1 is 0.860 bits per heavy atom. The third kappa shape index (κ3) is 9.03. The van der Waals surface area contributed by atoms with Crippen molar-refractivity contribution in [1.82, 2.24) is 15.7 Å². The molecule has 0 aromatic rings. The molecule has 5 aliphatic rings. The molecular weight excluding hydrogens is 638 g/mol. The fourth-order valence-corrected chi connectivity index (χ4v) is 10.5. The highest BCUT2D eigenvalue weighted by molar-refractivity contribution is 6.01. The fraction of sp³-hybridized carbons (Fsp3) is 0.846. The maximum atomic E-state index is 12.6. The summed E-state index contributed by atoms with van der Waals surface area (Å²) in [6.07, 6.45) is 15.0. The Bertz CT molecular complexity index is 1220. The molecule has 11 nitrogen and oxygen atoms in total. The summed E-state index contributed by atoms with van der Waals surface area (Å²) in [5, 5.41) is 5.73. The van der Waals surface area contributed by atoms with Crippen LogP contribution < -0.4 is 10.6 Å². The Hall–Kier alpha value is -2.66. The van der Waals surface area contributed by atoms with Crippen LogP contribution in [-0.4, -0.2) is 74.7 Å². The minimum Gasteiger partial charge on any atom is -0.446 e. The Balaban J connectivity index is 0.950. The Morgan fingerprint density at radius 2 is 1.54 bits per heavy atom. The minimum atomic E-state index is -0.885. The molecule has 0 spiro atoms. The van der Waals surface area contributed by atoms with Crippen LogP contribution in [0.4, 0.5) is 9.59 Å². The largest absolute Gasteiger partial charge is 0.446 e. The van der Waals surface area contributed by atoms with Gasteiger partial charge in [-0.2, -0.15) is 0 Å². The van der Waals surface area contributed by atoms with Gasteiger partial charge in [-0.15, -0.1) is 5.06 Å². The first-order chi connectivity index (χ1) is 23.9. The van der Waals surface area contributed by atoms with E-state index >= 15 is 0 Å². The van der Waals surface area contributed by atoms with E-state index in [1.807, 2.05) is 0 Å². The van der Waals surface area contributed by atoms with Crippen LogP contribution in [0.15, 0.2) is 11.6 Å². The Kier molecular flexibility index (Phi) is 13.3. The number of carbonyl (C=O) groups excluding carboxylic acids is 4. The molecule has 2 N–H and O–H groups in total. The average Bonchev–Trinajstić information content (AvgIpc) is 3.59. The first-order valence-corrected chi connectivity index (χ1v) is 19.5. The highest BCUT2D eigenvalue weighted by Crippen LogP contribution is 2.67. The summed E-state index contributed by atoms with van der Waals surface area (Å²) < 4.78 is 16.8. The van der Waals surface area contributed by atoms with Gasteiger partial charge in [0, 0.05) is 32.4 Å². The lowest BCUT2D eigenvalue weighted by Gasteiger charge is -2.58. The predicted molar refractivity (Wildman–Crippen MR) is 189 cm³/mol. The molecule has 1 aliphatic heterocycles. The average molecular weight is 702 g/mol. The molecule has 1 saturated heterocycles. The van der Waals surface area contributed by atoms with Crippen LogP contribution in [-0.2, 0) is 28.6 Å². The van der Waals surface area contributed by atoms with Gasteiger partial charge in [0.05, 0.1) is 26.4 Å². The van der Waals surface area contributed by atoms with Crippen LogP contribution in [0.25, 0.3) is 0 Å². The SMILES string of the molecule is CC(C)CCC[C@@H](C)[C@H]1CC[C@H]2[C@@H]3CC=C4C[C@@H](OC(=O)NCCOCCOCCNC(=O)ON5C(=O)CCC5=O)CC[C@]4(C)[C@H]3CC[C@]12C. The molecule has 0 aromatic heterocycles. The number of alkyl carbamates (subject to hydrolysis) is 1. The van der Waals surface area contributed by atoms with E-state index in [-0.39, 0.29) is 37.5 Å². The first kappa shape index (κ1) is 38.6. The van der Waals surface area contributed by atoms with E-state index in [9.17, 15) is 19.2 Å². The van der Waals surface area contributed by atoms with E-state index < -0.39 is 24.0 Å². The van der Waals surface area contributed by atoms with Gasteiger partial charge in [-0.25, -0.2) is 9.59 Å². The lowest BCUT2D eigenvalue weighted by molar-refractivity contribution is -0.171. The summed E-state index contributed by atoms with van der Waals surface area (Å²) in [7, 11) is 0. The van der Waals surface area contributed by atoms with E-state index in [0.29, 0.717) is 36.8 Å². The van der Waals surface area contributed by atoms with Crippen molar-refractivity contribution in [2.24, 2.45) is 46.3 Å². The monoisotopic (exact) mass is 701 g/mol. The predicted octanol–water partition coefficient (Wildman–Crippen LogP) is 6.95. The third-order valence-electron chi connectivity index (χ3n) is 13.1. The molecule has 1 heterocycles. The highest BCUT2D eigenvalue weighted by Gasteiger charge is 2.59. The number of allylic oxidation sites excluding steroid dienone is 1. The number of amides is 4. The smallest absolute Gasteiger partial charge is 0.432 e. The molecule has 0 aromatic carbocycles. The quantitative estimate of drug-likeness (QED) is 0.100. The summed E-state index contributed by atoms with van der Waals surface area (Å²) in [5.41, 5.74) is 2.24. The second-order valence-electron chi connectivity index (χ2n) is 16.6.